The second-order valence-corrected chi connectivity index (χ2v) is 9.02. The Hall–Kier alpha value is -3.55. The number of nitrogens with zero attached hydrogens (tertiary/aromatic N) is 3. The Morgan fingerprint density at radius 2 is 1.69 bits per heavy atom. The van der Waals surface area contributed by atoms with E-state index in [0.717, 1.165) is 24.2 Å². The SMILES string of the molecule is CCCn1c(CCCOc2ccc(OC(C)(C)C(=O)OC)cc2)nn(Cc2ccc(C)cc2)c1=O. The van der Waals surface area contributed by atoms with Gasteiger partial charge < -0.3 is 14.2 Å². The average molecular weight is 482 g/mol. The minimum atomic E-state index is -1.08. The highest BCUT2D eigenvalue weighted by atomic mass is 16.6. The molecule has 8 heteroatoms. The van der Waals surface area contributed by atoms with Crippen molar-refractivity contribution in [2.45, 2.75) is 65.6 Å². The summed E-state index contributed by atoms with van der Waals surface area (Å²) in [6, 6.07) is 15.2. The number of benzene rings is 2. The van der Waals surface area contributed by atoms with Gasteiger partial charge in [0.25, 0.3) is 0 Å². The molecule has 8 nitrogen and oxygen atoms in total. The Morgan fingerprint density at radius 1 is 1.03 bits per heavy atom. The summed E-state index contributed by atoms with van der Waals surface area (Å²) in [4.78, 5) is 24.7. The Bertz CT molecular complexity index is 1160. The summed E-state index contributed by atoms with van der Waals surface area (Å²) in [6.07, 6.45) is 2.23. The third-order valence-corrected chi connectivity index (χ3v) is 5.59. The van der Waals surface area contributed by atoms with Crippen molar-refractivity contribution in [2.75, 3.05) is 13.7 Å². The van der Waals surface area contributed by atoms with Crippen molar-refractivity contribution >= 4 is 5.97 Å². The van der Waals surface area contributed by atoms with Crippen LogP contribution in [0.15, 0.2) is 53.3 Å². The molecule has 0 unspecified atom stereocenters. The van der Waals surface area contributed by atoms with E-state index in [1.807, 2.05) is 31.2 Å². The first-order chi connectivity index (χ1) is 16.7. The van der Waals surface area contributed by atoms with Gasteiger partial charge in [-0.05, 0) is 63.4 Å². The highest BCUT2D eigenvalue weighted by Crippen LogP contribution is 2.23. The smallest absolute Gasteiger partial charge is 0.349 e. The summed E-state index contributed by atoms with van der Waals surface area (Å²) < 4.78 is 19.7. The van der Waals surface area contributed by atoms with E-state index in [0.29, 0.717) is 37.6 Å². The maximum Gasteiger partial charge on any atom is 0.349 e. The van der Waals surface area contributed by atoms with Crippen molar-refractivity contribution in [2.24, 2.45) is 0 Å². The van der Waals surface area contributed by atoms with Gasteiger partial charge in [-0.1, -0.05) is 36.8 Å². The van der Waals surface area contributed by atoms with E-state index in [1.54, 1.807) is 47.4 Å². The molecule has 188 valence electrons. The number of methoxy groups -OCH3 is 1. The summed E-state index contributed by atoms with van der Waals surface area (Å²) in [5.41, 5.74) is 1.09. The first-order valence-electron chi connectivity index (χ1n) is 12.0. The summed E-state index contributed by atoms with van der Waals surface area (Å²) in [5.74, 6) is 1.58. The number of hydrogen-bond acceptors (Lipinski definition) is 6. The lowest BCUT2D eigenvalue weighted by atomic mass is 10.1. The van der Waals surface area contributed by atoms with Crippen LogP contribution in [0.5, 0.6) is 11.5 Å². The maximum atomic E-state index is 12.9. The zero-order valence-corrected chi connectivity index (χ0v) is 21.2. The largest absolute Gasteiger partial charge is 0.494 e. The number of esters is 1. The number of rotatable bonds is 12. The Kier molecular flexibility index (Phi) is 8.73. The molecule has 3 aromatic rings. The zero-order chi connectivity index (χ0) is 25.4. The fourth-order valence-corrected chi connectivity index (χ4v) is 3.69. The Morgan fingerprint density at radius 3 is 2.31 bits per heavy atom. The van der Waals surface area contributed by atoms with Crippen LogP contribution in [-0.4, -0.2) is 39.6 Å². The Labute approximate surface area is 206 Å². The topological polar surface area (TPSA) is 84.6 Å². The monoisotopic (exact) mass is 481 g/mol. The first-order valence-corrected chi connectivity index (χ1v) is 12.0. The number of carbonyl (C=O) groups is 1. The van der Waals surface area contributed by atoms with Crippen LogP contribution in [0.3, 0.4) is 0 Å². The van der Waals surface area contributed by atoms with Crippen LogP contribution < -0.4 is 15.2 Å². The van der Waals surface area contributed by atoms with Crippen molar-refractivity contribution in [1.82, 2.24) is 14.3 Å². The van der Waals surface area contributed by atoms with Crippen molar-refractivity contribution in [1.29, 1.82) is 0 Å². The van der Waals surface area contributed by atoms with Crippen molar-refractivity contribution in [3.63, 3.8) is 0 Å². The highest BCUT2D eigenvalue weighted by molar-refractivity contribution is 5.78. The molecule has 0 aliphatic rings. The molecule has 0 atom stereocenters. The normalized spacial score (nSPS) is 11.3. The van der Waals surface area contributed by atoms with Gasteiger partial charge in [0, 0.05) is 13.0 Å². The summed E-state index contributed by atoms with van der Waals surface area (Å²) in [7, 11) is 1.33. The second-order valence-electron chi connectivity index (χ2n) is 9.02. The van der Waals surface area contributed by atoms with Crippen molar-refractivity contribution in [3.8, 4) is 11.5 Å². The maximum absolute atomic E-state index is 12.9. The molecule has 0 aliphatic heterocycles. The first kappa shape index (κ1) is 26.1. The molecule has 0 radical (unpaired) electrons. The Balaban J connectivity index is 1.56. The lowest BCUT2D eigenvalue weighted by molar-refractivity contribution is -0.156. The molecule has 35 heavy (non-hydrogen) atoms. The second kappa shape index (κ2) is 11.7. The van der Waals surface area contributed by atoms with Gasteiger partial charge in [0.1, 0.15) is 17.3 Å². The molecule has 2 aromatic carbocycles. The van der Waals surface area contributed by atoms with Gasteiger partial charge in [-0.3, -0.25) is 4.57 Å². The molecular weight excluding hydrogens is 446 g/mol. The molecule has 1 aromatic heterocycles. The third kappa shape index (κ3) is 6.97. The van der Waals surface area contributed by atoms with Crippen molar-refractivity contribution < 1.29 is 19.0 Å². The van der Waals surface area contributed by atoms with Gasteiger partial charge in [0.2, 0.25) is 0 Å². The predicted octanol–water partition coefficient (Wildman–Crippen LogP) is 4.15. The van der Waals surface area contributed by atoms with Crippen LogP contribution in [-0.2, 0) is 29.0 Å². The molecule has 1 heterocycles. The summed E-state index contributed by atoms with van der Waals surface area (Å²) in [6.45, 7) is 9.00. The van der Waals surface area contributed by atoms with Gasteiger partial charge in [-0.2, -0.15) is 5.10 Å². The quantitative estimate of drug-likeness (QED) is 0.285. The van der Waals surface area contributed by atoms with Crippen LogP contribution in [0, 0.1) is 6.92 Å². The van der Waals surface area contributed by atoms with E-state index in [2.05, 4.69) is 12.0 Å². The fourth-order valence-electron chi connectivity index (χ4n) is 3.69. The van der Waals surface area contributed by atoms with Crippen LogP contribution in [0.4, 0.5) is 0 Å². The van der Waals surface area contributed by atoms with E-state index >= 15 is 0 Å². The number of hydrogen-bond donors (Lipinski definition) is 0. The van der Waals surface area contributed by atoms with Crippen LogP contribution in [0.1, 0.15) is 50.6 Å². The number of aromatic nitrogens is 3. The minimum absolute atomic E-state index is 0.0752. The van der Waals surface area contributed by atoms with Gasteiger partial charge in [0.05, 0.1) is 20.3 Å². The van der Waals surface area contributed by atoms with E-state index in [9.17, 15) is 9.59 Å². The number of carbonyl (C=O) groups excluding carboxylic acids is 1. The summed E-state index contributed by atoms with van der Waals surface area (Å²) >= 11 is 0. The molecule has 0 amide bonds. The number of ether oxygens (including phenoxy) is 3. The number of aryl methyl sites for hydroxylation is 2. The highest BCUT2D eigenvalue weighted by Gasteiger charge is 2.31. The van der Waals surface area contributed by atoms with Crippen LogP contribution in [0.2, 0.25) is 0 Å². The zero-order valence-electron chi connectivity index (χ0n) is 21.2. The van der Waals surface area contributed by atoms with Crippen molar-refractivity contribution in [3.05, 3.63) is 76.0 Å². The van der Waals surface area contributed by atoms with Gasteiger partial charge in [-0.15, -0.1) is 0 Å². The lowest BCUT2D eigenvalue weighted by Gasteiger charge is -2.23. The molecule has 0 saturated carbocycles. The molecule has 0 bridgehead atoms. The van der Waals surface area contributed by atoms with E-state index < -0.39 is 11.6 Å². The standard InChI is InChI=1S/C27H35N3O5/c1-6-17-29-24(28-30(26(29)32)19-21-11-9-20(2)10-12-21)8-7-18-34-22-13-15-23(16-14-22)35-27(3,4)25(31)33-5/h9-16H,6-8,17-19H2,1-5H3. The van der Waals surface area contributed by atoms with E-state index in [1.165, 1.54) is 12.7 Å². The minimum Gasteiger partial charge on any atom is -0.494 e. The molecule has 0 aliphatic carbocycles. The third-order valence-electron chi connectivity index (χ3n) is 5.59. The molecular formula is C27H35N3O5. The summed E-state index contributed by atoms with van der Waals surface area (Å²) in [5, 5.41) is 4.61. The van der Waals surface area contributed by atoms with Crippen LogP contribution >= 0.6 is 0 Å². The molecule has 0 N–H and O–H groups in total. The van der Waals surface area contributed by atoms with E-state index in [4.69, 9.17) is 14.2 Å². The van der Waals surface area contributed by atoms with Crippen LogP contribution in [0.25, 0.3) is 0 Å². The lowest BCUT2D eigenvalue weighted by Crippen LogP contribution is -2.39. The van der Waals surface area contributed by atoms with Gasteiger partial charge >= 0.3 is 11.7 Å². The van der Waals surface area contributed by atoms with E-state index in [-0.39, 0.29) is 5.69 Å². The molecule has 0 spiro atoms. The average Bonchev–Trinajstić information content (AvgIpc) is 3.13. The molecule has 0 fully saturated rings. The van der Waals surface area contributed by atoms with Gasteiger partial charge in [0.15, 0.2) is 5.60 Å². The predicted molar refractivity (Wildman–Crippen MR) is 134 cm³/mol. The van der Waals surface area contributed by atoms with Gasteiger partial charge in [-0.25, -0.2) is 14.3 Å². The fraction of sp³-hybridized carbons (Fsp3) is 0.444. The molecule has 0 saturated heterocycles. The molecule has 3 rings (SSSR count).